The number of fused-ring (bicyclic) bond motifs is 1. The zero-order valence-corrected chi connectivity index (χ0v) is 12.7. The van der Waals surface area contributed by atoms with E-state index in [0.29, 0.717) is 0 Å². The third kappa shape index (κ3) is 3.30. The molecule has 1 aromatic rings. The molecular weight excluding hydrogens is 232 g/mol. The van der Waals surface area contributed by atoms with Crippen LogP contribution in [0.1, 0.15) is 44.7 Å². The summed E-state index contributed by atoms with van der Waals surface area (Å²) in [7, 11) is 0. The van der Waals surface area contributed by atoms with Crippen LogP contribution in [0.2, 0.25) is 0 Å². The highest BCUT2D eigenvalue weighted by Crippen LogP contribution is 2.27. The van der Waals surface area contributed by atoms with Gasteiger partial charge in [-0.15, -0.1) is 0 Å². The molecule has 1 heterocycles. The lowest BCUT2D eigenvalue weighted by Gasteiger charge is -2.31. The average molecular weight is 260 g/mol. The Morgan fingerprint density at radius 3 is 2.68 bits per heavy atom. The molecule has 2 rings (SSSR count). The number of nitrogens with one attached hydrogen (secondary N) is 1. The van der Waals surface area contributed by atoms with Crippen LogP contribution in [0.15, 0.2) is 18.2 Å². The molecule has 0 radical (unpaired) electrons. The van der Waals surface area contributed by atoms with Gasteiger partial charge in [-0.3, -0.25) is 0 Å². The average Bonchev–Trinajstić information content (AvgIpc) is 2.48. The molecule has 2 nitrogen and oxygen atoms in total. The van der Waals surface area contributed by atoms with E-state index < -0.39 is 0 Å². The Kier molecular flexibility index (Phi) is 5.26. The van der Waals surface area contributed by atoms with E-state index in [0.717, 1.165) is 25.6 Å². The van der Waals surface area contributed by atoms with Crippen LogP contribution in [0.25, 0.3) is 0 Å². The molecule has 0 amide bonds. The molecule has 0 fully saturated rings. The SMILES string of the molecule is CCC(CC)CN(CC)c1cccc2c1CNCC2. The van der Waals surface area contributed by atoms with Gasteiger partial charge < -0.3 is 10.2 Å². The van der Waals surface area contributed by atoms with E-state index in [9.17, 15) is 0 Å². The summed E-state index contributed by atoms with van der Waals surface area (Å²) in [5, 5.41) is 3.51. The second kappa shape index (κ2) is 6.95. The van der Waals surface area contributed by atoms with E-state index in [2.05, 4.69) is 49.2 Å². The lowest BCUT2D eigenvalue weighted by atomic mass is 9.97. The van der Waals surface area contributed by atoms with Crippen LogP contribution in [-0.2, 0) is 13.0 Å². The molecule has 0 unspecified atom stereocenters. The summed E-state index contributed by atoms with van der Waals surface area (Å²) in [6.07, 6.45) is 3.73. The molecule has 1 N–H and O–H groups in total. The molecule has 0 saturated carbocycles. The summed E-state index contributed by atoms with van der Waals surface area (Å²) >= 11 is 0. The smallest absolute Gasteiger partial charge is 0.0414 e. The van der Waals surface area contributed by atoms with Crippen molar-refractivity contribution < 1.29 is 0 Å². The Labute approximate surface area is 118 Å². The van der Waals surface area contributed by atoms with Crippen LogP contribution >= 0.6 is 0 Å². The van der Waals surface area contributed by atoms with Crippen LogP contribution < -0.4 is 10.2 Å². The number of hydrogen-bond acceptors (Lipinski definition) is 2. The highest BCUT2D eigenvalue weighted by Gasteiger charge is 2.17. The molecule has 0 bridgehead atoms. The van der Waals surface area contributed by atoms with Crippen LogP contribution in [0.4, 0.5) is 5.69 Å². The van der Waals surface area contributed by atoms with E-state index >= 15 is 0 Å². The predicted molar refractivity (Wildman–Crippen MR) is 83.8 cm³/mol. The summed E-state index contributed by atoms with van der Waals surface area (Å²) in [5.74, 6) is 0.812. The van der Waals surface area contributed by atoms with Gasteiger partial charge in [-0.25, -0.2) is 0 Å². The van der Waals surface area contributed by atoms with Crippen molar-refractivity contribution in [3.63, 3.8) is 0 Å². The molecule has 0 spiro atoms. The fourth-order valence-electron chi connectivity index (χ4n) is 3.05. The first-order valence-corrected chi connectivity index (χ1v) is 7.86. The number of hydrogen-bond donors (Lipinski definition) is 1. The normalized spacial score (nSPS) is 14.5. The largest absolute Gasteiger partial charge is 0.371 e. The summed E-state index contributed by atoms with van der Waals surface area (Å²) < 4.78 is 0. The highest BCUT2D eigenvalue weighted by molar-refractivity contribution is 5.57. The quantitative estimate of drug-likeness (QED) is 0.841. The first kappa shape index (κ1) is 14.4. The van der Waals surface area contributed by atoms with E-state index in [1.807, 2.05) is 0 Å². The van der Waals surface area contributed by atoms with Crippen molar-refractivity contribution in [3.05, 3.63) is 29.3 Å². The van der Waals surface area contributed by atoms with Crippen molar-refractivity contribution in [3.8, 4) is 0 Å². The lowest BCUT2D eigenvalue weighted by Crippen LogP contribution is -2.32. The molecule has 2 heteroatoms. The first-order valence-electron chi connectivity index (χ1n) is 7.86. The fraction of sp³-hybridized carbons (Fsp3) is 0.647. The maximum Gasteiger partial charge on any atom is 0.0414 e. The van der Waals surface area contributed by atoms with Crippen molar-refractivity contribution in [2.24, 2.45) is 5.92 Å². The minimum Gasteiger partial charge on any atom is -0.371 e. The van der Waals surface area contributed by atoms with Gasteiger partial charge in [0.2, 0.25) is 0 Å². The van der Waals surface area contributed by atoms with Crippen molar-refractivity contribution in [2.45, 2.75) is 46.6 Å². The minimum atomic E-state index is 0.812. The van der Waals surface area contributed by atoms with Gasteiger partial charge >= 0.3 is 0 Å². The van der Waals surface area contributed by atoms with E-state index in [-0.39, 0.29) is 0 Å². The van der Waals surface area contributed by atoms with Gasteiger partial charge in [0.25, 0.3) is 0 Å². The minimum absolute atomic E-state index is 0.812. The van der Waals surface area contributed by atoms with Crippen molar-refractivity contribution >= 4 is 5.69 Å². The number of rotatable bonds is 6. The Balaban J connectivity index is 2.22. The number of benzene rings is 1. The Bertz CT molecular complexity index is 396. The van der Waals surface area contributed by atoms with Crippen molar-refractivity contribution in [1.82, 2.24) is 5.32 Å². The highest BCUT2D eigenvalue weighted by atomic mass is 15.1. The standard InChI is InChI=1S/C17H28N2/c1-4-14(5-2)13-19(6-3)17-9-7-8-15-10-11-18-12-16(15)17/h7-9,14,18H,4-6,10-13H2,1-3H3. The molecular formula is C17H28N2. The fourth-order valence-corrected chi connectivity index (χ4v) is 3.05. The summed E-state index contributed by atoms with van der Waals surface area (Å²) in [6.45, 7) is 11.3. The maximum atomic E-state index is 3.51. The maximum absolute atomic E-state index is 3.51. The second-order valence-electron chi connectivity index (χ2n) is 5.56. The van der Waals surface area contributed by atoms with Crippen LogP contribution in [0.5, 0.6) is 0 Å². The number of nitrogens with zero attached hydrogens (tertiary/aromatic N) is 1. The molecule has 106 valence electrons. The number of anilines is 1. The van der Waals surface area contributed by atoms with Gasteiger partial charge in [-0.1, -0.05) is 38.8 Å². The second-order valence-corrected chi connectivity index (χ2v) is 5.56. The Hall–Kier alpha value is -1.02. The van der Waals surface area contributed by atoms with E-state index in [4.69, 9.17) is 0 Å². The van der Waals surface area contributed by atoms with Crippen LogP contribution in [0.3, 0.4) is 0 Å². The topological polar surface area (TPSA) is 15.3 Å². The van der Waals surface area contributed by atoms with Crippen molar-refractivity contribution in [1.29, 1.82) is 0 Å². The summed E-state index contributed by atoms with van der Waals surface area (Å²) in [5.41, 5.74) is 4.53. The van der Waals surface area contributed by atoms with Crippen LogP contribution in [-0.4, -0.2) is 19.6 Å². The van der Waals surface area contributed by atoms with Gasteiger partial charge in [-0.2, -0.15) is 0 Å². The van der Waals surface area contributed by atoms with Gasteiger partial charge in [-0.05, 0) is 43.0 Å². The molecule has 0 saturated heterocycles. The van der Waals surface area contributed by atoms with Gasteiger partial charge in [0, 0.05) is 25.3 Å². The third-order valence-corrected chi connectivity index (χ3v) is 4.48. The molecule has 19 heavy (non-hydrogen) atoms. The molecule has 0 atom stereocenters. The van der Waals surface area contributed by atoms with E-state index in [1.165, 1.54) is 37.1 Å². The van der Waals surface area contributed by atoms with Crippen LogP contribution in [0, 0.1) is 5.92 Å². The monoisotopic (exact) mass is 260 g/mol. The molecule has 1 aliphatic heterocycles. The molecule has 1 aliphatic rings. The van der Waals surface area contributed by atoms with E-state index in [1.54, 1.807) is 5.56 Å². The van der Waals surface area contributed by atoms with Gasteiger partial charge in [0.1, 0.15) is 0 Å². The zero-order valence-electron chi connectivity index (χ0n) is 12.7. The molecule has 0 aliphatic carbocycles. The summed E-state index contributed by atoms with van der Waals surface area (Å²) in [6, 6.07) is 6.83. The Morgan fingerprint density at radius 2 is 2.00 bits per heavy atom. The Morgan fingerprint density at radius 1 is 1.21 bits per heavy atom. The van der Waals surface area contributed by atoms with Gasteiger partial charge in [0.15, 0.2) is 0 Å². The lowest BCUT2D eigenvalue weighted by molar-refractivity contribution is 0.485. The third-order valence-electron chi connectivity index (χ3n) is 4.48. The zero-order chi connectivity index (χ0) is 13.7. The summed E-state index contributed by atoms with van der Waals surface area (Å²) in [4.78, 5) is 2.57. The predicted octanol–water partition coefficient (Wildman–Crippen LogP) is 3.59. The first-order chi connectivity index (χ1) is 9.30. The van der Waals surface area contributed by atoms with Crippen molar-refractivity contribution in [2.75, 3.05) is 24.5 Å². The molecule has 0 aromatic heterocycles. The van der Waals surface area contributed by atoms with Gasteiger partial charge in [0.05, 0.1) is 0 Å². The molecule has 1 aromatic carbocycles.